The molecular formula is C12H14O4. The van der Waals surface area contributed by atoms with E-state index in [9.17, 15) is 9.59 Å². The van der Waals surface area contributed by atoms with Crippen LogP contribution in [0.5, 0.6) is 0 Å². The maximum atomic E-state index is 11.0. The highest BCUT2D eigenvalue weighted by Gasteiger charge is 2.22. The summed E-state index contributed by atoms with van der Waals surface area (Å²) in [5.74, 6) is -3.17. The smallest absolute Gasteiger partial charge is 0.311 e. The molecule has 86 valence electrons. The molecule has 1 unspecified atom stereocenters. The van der Waals surface area contributed by atoms with Crippen molar-refractivity contribution in [3.05, 3.63) is 35.4 Å². The maximum Gasteiger partial charge on any atom is 0.311 e. The summed E-state index contributed by atoms with van der Waals surface area (Å²) in [6.07, 6.45) is 0.412. The molecule has 0 spiro atoms. The third kappa shape index (κ3) is 3.08. The van der Waals surface area contributed by atoms with E-state index < -0.39 is 17.9 Å². The summed E-state index contributed by atoms with van der Waals surface area (Å²) >= 11 is 0. The second-order valence-corrected chi connectivity index (χ2v) is 3.59. The minimum Gasteiger partial charge on any atom is -0.481 e. The molecule has 1 aromatic rings. The zero-order valence-electron chi connectivity index (χ0n) is 9.01. The van der Waals surface area contributed by atoms with Gasteiger partial charge in [0.2, 0.25) is 0 Å². The van der Waals surface area contributed by atoms with Crippen LogP contribution in [0.4, 0.5) is 0 Å². The van der Waals surface area contributed by atoms with Gasteiger partial charge >= 0.3 is 11.9 Å². The normalized spacial score (nSPS) is 12.1. The lowest BCUT2D eigenvalue weighted by Gasteiger charge is -2.11. The van der Waals surface area contributed by atoms with E-state index in [0.717, 1.165) is 12.0 Å². The molecule has 0 amide bonds. The number of aliphatic carboxylic acids is 2. The van der Waals surface area contributed by atoms with E-state index in [1.807, 2.05) is 13.0 Å². The Hall–Kier alpha value is -1.84. The van der Waals surface area contributed by atoms with E-state index in [2.05, 4.69) is 0 Å². The third-order valence-corrected chi connectivity index (χ3v) is 2.44. The Morgan fingerprint density at radius 2 is 2.00 bits per heavy atom. The fraction of sp³-hybridized carbons (Fsp3) is 0.333. The number of rotatable bonds is 5. The highest BCUT2D eigenvalue weighted by Crippen LogP contribution is 2.21. The highest BCUT2D eigenvalue weighted by atomic mass is 16.4. The maximum absolute atomic E-state index is 11.0. The minimum absolute atomic E-state index is 0.386. The quantitative estimate of drug-likeness (QED) is 0.797. The zero-order chi connectivity index (χ0) is 12.1. The topological polar surface area (TPSA) is 74.6 Å². The lowest BCUT2D eigenvalue weighted by molar-refractivity contribution is -0.145. The van der Waals surface area contributed by atoms with Gasteiger partial charge in [0.25, 0.3) is 0 Å². The second kappa shape index (κ2) is 5.30. The summed E-state index contributed by atoms with van der Waals surface area (Å²) < 4.78 is 0. The molecular weight excluding hydrogens is 208 g/mol. The molecule has 0 aliphatic heterocycles. The van der Waals surface area contributed by atoms with Crippen molar-refractivity contribution in [3.8, 4) is 0 Å². The number of hydrogen-bond donors (Lipinski definition) is 2. The van der Waals surface area contributed by atoms with E-state index in [4.69, 9.17) is 10.2 Å². The molecule has 0 bridgehead atoms. The Kier molecular flexibility index (Phi) is 4.05. The summed E-state index contributed by atoms with van der Waals surface area (Å²) in [7, 11) is 0. The van der Waals surface area contributed by atoms with Crippen LogP contribution < -0.4 is 0 Å². The first kappa shape index (κ1) is 12.2. The fourth-order valence-corrected chi connectivity index (χ4v) is 1.55. The van der Waals surface area contributed by atoms with E-state index in [-0.39, 0.29) is 6.42 Å². The molecule has 0 saturated heterocycles. The lowest BCUT2D eigenvalue weighted by Crippen LogP contribution is -2.16. The van der Waals surface area contributed by atoms with E-state index in [1.165, 1.54) is 0 Å². The summed E-state index contributed by atoms with van der Waals surface area (Å²) in [4.78, 5) is 21.6. The SMILES string of the molecule is CCc1cccc(C(CC(=O)O)C(=O)O)c1. The van der Waals surface area contributed by atoms with Crippen molar-refractivity contribution in [2.45, 2.75) is 25.7 Å². The van der Waals surface area contributed by atoms with Gasteiger partial charge in [-0.3, -0.25) is 9.59 Å². The van der Waals surface area contributed by atoms with Crippen LogP contribution in [0.15, 0.2) is 24.3 Å². The number of carboxylic acid groups (broad SMARTS) is 2. The first-order chi connectivity index (χ1) is 7.54. The predicted octanol–water partition coefficient (Wildman–Crippen LogP) is 1.89. The number of carbonyl (C=O) groups is 2. The Labute approximate surface area is 93.5 Å². The Morgan fingerprint density at radius 3 is 2.50 bits per heavy atom. The molecule has 0 aliphatic carbocycles. The lowest BCUT2D eigenvalue weighted by atomic mass is 9.94. The van der Waals surface area contributed by atoms with Gasteiger partial charge in [0, 0.05) is 0 Å². The van der Waals surface area contributed by atoms with Crippen LogP contribution in [-0.4, -0.2) is 22.2 Å². The monoisotopic (exact) mass is 222 g/mol. The molecule has 0 aliphatic rings. The van der Waals surface area contributed by atoms with Crippen LogP contribution in [0.3, 0.4) is 0 Å². The molecule has 2 N–H and O–H groups in total. The van der Waals surface area contributed by atoms with Crippen LogP contribution in [0, 0.1) is 0 Å². The van der Waals surface area contributed by atoms with Crippen LogP contribution in [-0.2, 0) is 16.0 Å². The first-order valence-corrected chi connectivity index (χ1v) is 5.08. The van der Waals surface area contributed by atoms with E-state index >= 15 is 0 Å². The number of benzene rings is 1. The van der Waals surface area contributed by atoms with Crippen molar-refractivity contribution in [2.75, 3.05) is 0 Å². The highest BCUT2D eigenvalue weighted by molar-refractivity contribution is 5.82. The summed E-state index contributed by atoms with van der Waals surface area (Å²) in [5, 5.41) is 17.6. The fourth-order valence-electron chi connectivity index (χ4n) is 1.55. The van der Waals surface area contributed by atoms with Gasteiger partial charge in [0.05, 0.1) is 12.3 Å². The van der Waals surface area contributed by atoms with Crippen molar-refractivity contribution in [1.29, 1.82) is 0 Å². The number of aryl methyl sites for hydroxylation is 1. The van der Waals surface area contributed by atoms with Crippen molar-refractivity contribution >= 4 is 11.9 Å². The summed E-state index contributed by atoms with van der Waals surface area (Å²) in [6, 6.07) is 7.05. The van der Waals surface area contributed by atoms with Gasteiger partial charge in [-0.15, -0.1) is 0 Å². The minimum atomic E-state index is -1.10. The third-order valence-electron chi connectivity index (χ3n) is 2.44. The molecule has 1 atom stereocenters. The number of carboxylic acids is 2. The summed E-state index contributed by atoms with van der Waals surface area (Å²) in [6.45, 7) is 1.96. The zero-order valence-corrected chi connectivity index (χ0v) is 9.01. The van der Waals surface area contributed by atoms with Crippen LogP contribution in [0.2, 0.25) is 0 Å². The van der Waals surface area contributed by atoms with E-state index in [0.29, 0.717) is 5.56 Å². The largest absolute Gasteiger partial charge is 0.481 e. The first-order valence-electron chi connectivity index (χ1n) is 5.08. The van der Waals surface area contributed by atoms with Gasteiger partial charge in [-0.1, -0.05) is 31.2 Å². The van der Waals surface area contributed by atoms with Gasteiger partial charge < -0.3 is 10.2 Å². The van der Waals surface area contributed by atoms with Crippen molar-refractivity contribution in [3.63, 3.8) is 0 Å². The van der Waals surface area contributed by atoms with Gasteiger partial charge in [0.15, 0.2) is 0 Å². The van der Waals surface area contributed by atoms with Crippen LogP contribution >= 0.6 is 0 Å². The van der Waals surface area contributed by atoms with Crippen LogP contribution in [0.1, 0.15) is 30.4 Å². The second-order valence-electron chi connectivity index (χ2n) is 3.59. The van der Waals surface area contributed by atoms with Crippen molar-refractivity contribution in [2.24, 2.45) is 0 Å². The van der Waals surface area contributed by atoms with Gasteiger partial charge in [0.1, 0.15) is 0 Å². The molecule has 0 fully saturated rings. The molecule has 0 radical (unpaired) electrons. The molecule has 4 heteroatoms. The molecule has 4 nitrogen and oxygen atoms in total. The average Bonchev–Trinajstić information content (AvgIpc) is 2.25. The van der Waals surface area contributed by atoms with E-state index in [1.54, 1.807) is 18.2 Å². The van der Waals surface area contributed by atoms with Gasteiger partial charge in [-0.25, -0.2) is 0 Å². The van der Waals surface area contributed by atoms with Crippen molar-refractivity contribution < 1.29 is 19.8 Å². The molecule has 0 saturated carbocycles. The Balaban J connectivity index is 3.00. The van der Waals surface area contributed by atoms with Crippen LogP contribution in [0.25, 0.3) is 0 Å². The standard InChI is InChI=1S/C12H14O4/c1-2-8-4-3-5-9(6-8)10(12(15)16)7-11(13)14/h3-6,10H,2,7H2,1H3,(H,13,14)(H,15,16). The summed E-state index contributed by atoms with van der Waals surface area (Å²) in [5.41, 5.74) is 1.56. The Morgan fingerprint density at radius 1 is 1.31 bits per heavy atom. The predicted molar refractivity (Wildman–Crippen MR) is 58.4 cm³/mol. The van der Waals surface area contributed by atoms with Crippen molar-refractivity contribution in [1.82, 2.24) is 0 Å². The molecule has 1 rings (SSSR count). The van der Waals surface area contributed by atoms with Gasteiger partial charge in [-0.2, -0.15) is 0 Å². The average molecular weight is 222 g/mol. The molecule has 0 aromatic heterocycles. The van der Waals surface area contributed by atoms with Gasteiger partial charge in [-0.05, 0) is 17.5 Å². The molecule has 16 heavy (non-hydrogen) atoms. The Bertz CT molecular complexity index is 398. The molecule has 1 aromatic carbocycles. The number of hydrogen-bond acceptors (Lipinski definition) is 2. The molecule has 0 heterocycles.